The SMILES string of the molecule is Cc1cc(C)cc(CSC(CN)c2cccc(Br)c2)c1. The second-order valence-electron chi connectivity index (χ2n) is 5.09. The largest absolute Gasteiger partial charge is 0.329 e. The summed E-state index contributed by atoms with van der Waals surface area (Å²) in [5, 5.41) is 0.341. The van der Waals surface area contributed by atoms with Gasteiger partial charge in [-0.15, -0.1) is 11.8 Å². The Labute approximate surface area is 134 Å². The molecule has 0 heterocycles. The number of nitrogens with two attached hydrogens (primary N) is 1. The fourth-order valence-corrected chi connectivity index (χ4v) is 3.81. The van der Waals surface area contributed by atoms with Crippen LogP contribution in [0.25, 0.3) is 0 Å². The maximum absolute atomic E-state index is 5.94. The lowest BCUT2D eigenvalue weighted by atomic mass is 10.1. The van der Waals surface area contributed by atoms with E-state index < -0.39 is 0 Å². The zero-order chi connectivity index (χ0) is 14.5. The molecule has 20 heavy (non-hydrogen) atoms. The third kappa shape index (κ3) is 4.37. The Morgan fingerprint density at radius 3 is 2.40 bits per heavy atom. The molecule has 0 aliphatic heterocycles. The van der Waals surface area contributed by atoms with Crippen molar-refractivity contribution in [3.05, 3.63) is 69.2 Å². The normalized spacial score (nSPS) is 12.4. The number of thioether (sulfide) groups is 1. The fraction of sp³-hybridized carbons (Fsp3) is 0.294. The van der Waals surface area contributed by atoms with Crippen LogP contribution >= 0.6 is 27.7 Å². The summed E-state index contributed by atoms with van der Waals surface area (Å²) < 4.78 is 1.11. The summed E-state index contributed by atoms with van der Waals surface area (Å²) in [5.41, 5.74) is 11.3. The fourth-order valence-electron chi connectivity index (χ4n) is 2.36. The highest BCUT2D eigenvalue weighted by atomic mass is 79.9. The molecule has 3 heteroatoms. The number of halogens is 1. The molecule has 2 aromatic rings. The van der Waals surface area contributed by atoms with Crippen LogP contribution in [0.2, 0.25) is 0 Å². The lowest BCUT2D eigenvalue weighted by molar-refractivity contribution is 0.939. The van der Waals surface area contributed by atoms with Gasteiger partial charge in [-0.05, 0) is 37.1 Å². The van der Waals surface area contributed by atoms with Gasteiger partial charge in [-0.1, -0.05) is 57.4 Å². The van der Waals surface area contributed by atoms with E-state index in [4.69, 9.17) is 5.73 Å². The molecule has 2 N–H and O–H groups in total. The van der Waals surface area contributed by atoms with Crippen molar-refractivity contribution < 1.29 is 0 Å². The lowest BCUT2D eigenvalue weighted by Gasteiger charge is -2.15. The highest BCUT2D eigenvalue weighted by Gasteiger charge is 2.11. The topological polar surface area (TPSA) is 26.0 Å². The number of rotatable bonds is 5. The van der Waals surface area contributed by atoms with Gasteiger partial charge in [-0.25, -0.2) is 0 Å². The number of hydrogen-bond donors (Lipinski definition) is 1. The van der Waals surface area contributed by atoms with Gasteiger partial charge in [-0.3, -0.25) is 0 Å². The maximum atomic E-state index is 5.94. The zero-order valence-corrected chi connectivity index (χ0v) is 14.3. The van der Waals surface area contributed by atoms with Crippen LogP contribution in [0.5, 0.6) is 0 Å². The minimum Gasteiger partial charge on any atom is -0.329 e. The molecule has 0 amide bonds. The van der Waals surface area contributed by atoms with Crippen molar-refractivity contribution in [3.8, 4) is 0 Å². The molecule has 0 bridgehead atoms. The van der Waals surface area contributed by atoms with Crippen molar-refractivity contribution in [2.45, 2.75) is 24.9 Å². The first kappa shape index (κ1) is 15.6. The van der Waals surface area contributed by atoms with E-state index in [1.807, 2.05) is 17.8 Å². The van der Waals surface area contributed by atoms with E-state index in [0.29, 0.717) is 11.8 Å². The van der Waals surface area contributed by atoms with Crippen LogP contribution in [0.1, 0.15) is 27.5 Å². The van der Waals surface area contributed by atoms with Gasteiger partial charge < -0.3 is 5.73 Å². The maximum Gasteiger partial charge on any atom is 0.0423 e. The van der Waals surface area contributed by atoms with E-state index in [2.05, 4.69) is 66.2 Å². The second-order valence-corrected chi connectivity index (χ2v) is 7.19. The molecule has 0 fully saturated rings. The van der Waals surface area contributed by atoms with Gasteiger partial charge in [0.25, 0.3) is 0 Å². The summed E-state index contributed by atoms with van der Waals surface area (Å²) in [4.78, 5) is 0. The summed E-state index contributed by atoms with van der Waals surface area (Å²) in [6.45, 7) is 4.96. The number of hydrogen-bond acceptors (Lipinski definition) is 2. The van der Waals surface area contributed by atoms with Gasteiger partial charge in [0, 0.05) is 22.0 Å². The first-order valence-corrected chi connectivity index (χ1v) is 8.57. The van der Waals surface area contributed by atoms with Gasteiger partial charge >= 0.3 is 0 Å². The summed E-state index contributed by atoms with van der Waals surface area (Å²) >= 11 is 5.43. The molecule has 0 aliphatic carbocycles. The Hall–Kier alpha value is -0.770. The molecule has 0 spiro atoms. The molecule has 2 aromatic carbocycles. The third-order valence-electron chi connectivity index (χ3n) is 3.17. The van der Waals surface area contributed by atoms with E-state index in [1.54, 1.807) is 0 Å². The van der Waals surface area contributed by atoms with Crippen LogP contribution in [0.3, 0.4) is 0 Å². The molecule has 0 radical (unpaired) electrons. The molecule has 0 aromatic heterocycles. The van der Waals surface area contributed by atoms with Crippen LogP contribution in [0, 0.1) is 13.8 Å². The Kier molecular flexibility index (Phi) is 5.70. The van der Waals surface area contributed by atoms with E-state index in [9.17, 15) is 0 Å². The minimum atomic E-state index is 0.341. The highest BCUT2D eigenvalue weighted by Crippen LogP contribution is 2.32. The molecule has 1 unspecified atom stereocenters. The van der Waals surface area contributed by atoms with Crippen molar-refractivity contribution in [1.29, 1.82) is 0 Å². The van der Waals surface area contributed by atoms with Crippen LogP contribution in [0.4, 0.5) is 0 Å². The van der Waals surface area contributed by atoms with Crippen molar-refractivity contribution in [2.75, 3.05) is 6.54 Å². The second kappa shape index (κ2) is 7.30. The van der Waals surface area contributed by atoms with Crippen molar-refractivity contribution in [1.82, 2.24) is 0 Å². The van der Waals surface area contributed by atoms with E-state index in [-0.39, 0.29) is 0 Å². The van der Waals surface area contributed by atoms with Gasteiger partial charge in [0.2, 0.25) is 0 Å². The zero-order valence-electron chi connectivity index (χ0n) is 11.9. The Morgan fingerprint density at radius 2 is 1.80 bits per heavy atom. The highest BCUT2D eigenvalue weighted by molar-refractivity contribution is 9.10. The standard InChI is InChI=1S/C17H20BrNS/c1-12-6-13(2)8-14(7-12)11-20-17(10-19)15-4-3-5-16(18)9-15/h3-9,17H,10-11,19H2,1-2H3. The Morgan fingerprint density at radius 1 is 1.10 bits per heavy atom. The van der Waals surface area contributed by atoms with Gasteiger partial charge in [-0.2, -0.15) is 0 Å². The van der Waals surface area contributed by atoms with Crippen molar-refractivity contribution in [2.24, 2.45) is 5.73 Å². The third-order valence-corrected chi connectivity index (χ3v) is 5.03. The number of aryl methyl sites for hydroxylation is 2. The predicted molar refractivity (Wildman–Crippen MR) is 93.1 cm³/mol. The molecule has 0 aliphatic rings. The van der Waals surface area contributed by atoms with Crippen LogP contribution in [-0.4, -0.2) is 6.54 Å². The Bertz CT molecular complexity index is 563. The Balaban J connectivity index is 2.07. The molecule has 0 saturated heterocycles. The van der Waals surface area contributed by atoms with Gasteiger partial charge in [0.05, 0.1) is 0 Å². The summed E-state index contributed by atoms with van der Waals surface area (Å²) in [7, 11) is 0. The van der Waals surface area contributed by atoms with Gasteiger partial charge in [0.1, 0.15) is 0 Å². The first-order valence-electron chi connectivity index (χ1n) is 6.73. The van der Waals surface area contributed by atoms with Crippen LogP contribution < -0.4 is 5.73 Å². The predicted octanol–water partition coefficient (Wildman–Crippen LogP) is 5.00. The van der Waals surface area contributed by atoms with Crippen molar-refractivity contribution in [3.63, 3.8) is 0 Å². The monoisotopic (exact) mass is 349 g/mol. The summed E-state index contributed by atoms with van der Waals surface area (Å²) in [6.07, 6.45) is 0. The average Bonchev–Trinajstić information content (AvgIpc) is 2.38. The molecular formula is C17H20BrNS. The first-order chi connectivity index (χ1) is 9.58. The van der Waals surface area contributed by atoms with Crippen molar-refractivity contribution >= 4 is 27.7 Å². The van der Waals surface area contributed by atoms with Gasteiger partial charge in [0.15, 0.2) is 0 Å². The lowest BCUT2D eigenvalue weighted by Crippen LogP contribution is -2.09. The van der Waals surface area contributed by atoms with Crippen LogP contribution in [0.15, 0.2) is 46.9 Å². The smallest absolute Gasteiger partial charge is 0.0423 e. The average molecular weight is 350 g/mol. The molecule has 106 valence electrons. The molecule has 1 nitrogen and oxygen atoms in total. The molecule has 1 atom stereocenters. The molecule has 2 rings (SSSR count). The number of benzene rings is 2. The van der Waals surface area contributed by atoms with E-state index in [0.717, 1.165) is 10.2 Å². The minimum absolute atomic E-state index is 0.341. The van der Waals surface area contributed by atoms with E-state index >= 15 is 0 Å². The van der Waals surface area contributed by atoms with Crippen LogP contribution in [-0.2, 0) is 5.75 Å². The molecule has 0 saturated carbocycles. The summed E-state index contributed by atoms with van der Waals surface area (Å²) in [5.74, 6) is 0.997. The summed E-state index contributed by atoms with van der Waals surface area (Å²) in [6, 6.07) is 15.2. The van der Waals surface area contributed by atoms with E-state index in [1.165, 1.54) is 22.3 Å². The quantitative estimate of drug-likeness (QED) is 0.821. The molecular weight excluding hydrogens is 330 g/mol.